The second kappa shape index (κ2) is 10.3. The Bertz CT molecular complexity index is 854. The molecule has 0 saturated heterocycles. The van der Waals surface area contributed by atoms with E-state index in [4.69, 9.17) is 9.47 Å². The van der Waals surface area contributed by atoms with E-state index in [1.165, 1.54) is 13.3 Å². The molecule has 4 unspecified atom stereocenters. The van der Waals surface area contributed by atoms with E-state index in [9.17, 15) is 19.5 Å². The van der Waals surface area contributed by atoms with E-state index in [1.54, 1.807) is 6.92 Å². The van der Waals surface area contributed by atoms with Crippen molar-refractivity contribution in [3.8, 4) is 0 Å². The van der Waals surface area contributed by atoms with Gasteiger partial charge in [-0.2, -0.15) is 0 Å². The minimum Gasteiger partial charge on any atom is -0.481 e. The third-order valence-electron chi connectivity index (χ3n) is 11.5. The molecular weight excluding hydrogens is 456 g/mol. The fraction of sp³-hybridized carbons (Fsp3) is 0.900. The fourth-order valence-electron chi connectivity index (χ4n) is 10.1. The van der Waals surface area contributed by atoms with Gasteiger partial charge in [-0.3, -0.25) is 14.4 Å². The fourth-order valence-corrected chi connectivity index (χ4v) is 10.1. The number of hydrogen-bond acceptors (Lipinski definition) is 5. The first-order valence-electron chi connectivity index (χ1n) is 14.5. The minimum atomic E-state index is -0.707. The van der Waals surface area contributed by atoms with E-state index in [0.717, 1.165) is 51.4 Å². The summed E-state index contributed by atoms with van der Waals surface area (Å²) in [7, 11) is 0. The predicted octanol–water partition coefficient (Wildman–Crippen LogP) is 6.26. The van der Waals surface area contributed by atoms with Gasteiger partial charge < -0.3 is 14.6 Å². The number of hydrogen-bond donors (Lipinski definition) is 1. The van der Waals surface area contributed by atoms with Gasteiger partial charge in [0.2, 0.25) is 0 Å². The zero-order chi connectivity index (χ0) is 26.4. The van der Waals surface area contributed by atoms with Crippen molar-refractivity contribution < 1.29 is 29.0 Å². The van der Waals surface area contributed by atoms with Crippen LogP contribution in [0, 0.1) is 52.3 Å². The van der Waals surface area contributed by atoms with Crippen LogP contribution in [0.25, 0.3) is 0 Å². The molecule has 1 N–H and O–H groups in total. The molecule has 0 spiro atoms. The zero-order valence-corrected chi connectivity index (χ0v) is 23.3. The number of carboxylic acids is 1. The van der Waals surface area contributed by atoms with Crippen LogP contribution >= 0.6 is 0 Å². The van der Waals surface area contributed by atoms with Crippen LogP contribution in [0.3, 0.4) is 0 Å². The van der Waals surface area contributed by atoms with Crippen molar-refractivity contribution in [2.75, 3.05) is 0 Å². The van der Waals surface area contributed by atoms with Crippen molar-refractivity contribution in [3.05, 3.63) is 0 Å². The molecule has 0 amide bonds. The van der Waals surface area contributed by atoms with E-state index in [-0.39, 0.29) is 47.3 Å². The van der Waals surface area contributed by atoms with Crippen LogP contribution < -0.4 is 0 Å². The van der Waals surface area contributed by atoms with Gasteiger partial charge in [0, 0.05) is 26.2 Å². The van der Waals surface area contributed by atoms with Crippen LogP contribution in [0.2, 0.25) is 0 Å². The Balaban J connectivity index is 1.67. The summed E-state index contributed by atoms with van der Waals surface area (Å²) in [5.74, 6) is 1.79. The highest BCUT2D eigenvalue weighted by Gasteiger charge is 2.66. The summed E-state index contributed by atoms with van der Waals surface area (Å²) in [6.45, 7) is 12.5. The molecule has 4 aliphatic rings. The molecule has 4 rings (SSSR count). The number of esters is 2. The minimum absolute atomic E-state index is 0.0380. The molecule has 204 valence electrons. The van der Waals surface area contributed by atoms with Gasteiger partial charge in [-0.05, 0) is 104 Å². The van der Waals surface area contributed by atoms with Gasteiger partial charge in [0.1, 0.15) is 12.2 Å². The summed E-state index contributed by atoms with van der Waals surface area (Å²) in [5.41, 5.74) is 0.320. The molecule has 0 radical (unpaired) electrons. The maximum atomic E-state index is 12.4. The van der Waals surface area contributed by atoms with Crippen LogP contribution in [0.1, 0.15) is 106 Å². The summed E-state index contributed by atoms with van der Waals surface area (Å²) in [5, 5.41) is 9.26. The van der Waals surface area contributed by atoms with E-state index in [2.05, 4.69) is 27.7 Å². The molecule has 4 fully saturated rings. The lowest BCUT2D eigenvalue weighted by molar-refractivity contribution is -0.219. The lowest BCUT2D eigenvalue weighted by atomic mass is 9.41. The molecule has 4 aliphatic carbocycles. The van der Waals surface area contributed by atoms with Crippen LogP contribution in [-0.4, -0.2) is 35.2 Å². The largest absolute Gasteiger partial charge is 0.481 e. The van der Waals surface area contributed by atoms with Gasteiger partial charge in [0.25, 0.3) is 0 Å². The SMILES string of the molecule is CC[C@@H]1C2C[C@H](OC(C)=O)CC[C@]2(C)C2CC[C@@]3(C)C(CC[C@@H]3[C@H](C)CCC(=O)O)C2[C@@H]1OC(C)=O. The van der Waals surface area contributed by atoms with Crippen molar-refractivity contribution in [1.82, 2.24) is 0 Å². The summed E-state index contributed by atoms with van der Waals surface area (Å²) < 4.78 is 12.0. The van der Waals surface area contributed by atoms with Crippen LogP contribution in [0.15, 0.2) is 0 Å². The third kappa shape index (κ3) is 4.71. The summed E-state index contributed by atoms with van der Waals surface area (Å²) >= 11 is 0. The van der Waals surface area contributed by atoms with E-state index in [0.29, 0.717) is 35.5 Å². The summed E-state index contributed by atoms with van der Waals surface area (Å²) in [4.78, 5) is 35.4. The predicted molar refractivity (Wildman–Crippen MR) is 137 cm³/mol. The summed E-state index contributed by atoms with van der Waals surface area (Å²) in [6, 6.07) is 0. The van der Waals surface area contributed by atoms with E-state index >= 15 is 0 Å². The van der Waals surface area contributed by atoms with Gasteiger partial charge in [-0.1, -0.05) is 27.7 Å². The second-order valence-electron chi connectivity index (χ2n) is 13.2. The van der Waals surface area contributed by atoms with Gasteiger partial charge >= 0.3 is 17.9 Å². The number of carbonyl (C=O) groups is 3. The highest BCUT2D eigenvalue weighted by molar-refractivity contribution is 5.67. The molecule has 6 nitrogen and oxygen atoms in total. The first kappa shape index (κ1) is 27.4. The quantitative estimate of drug-likeness (QED) is 0.412. The number of carbonyl (C=O) groups excluding carboxylic acids is 2. The van der Waals surface area contributed by atoms with E-state index < -0.39 is 5.97 Å². The Morgan fingerprint density at radius 2 is 1.56 bits per heavy atom. The Morgan fingerprint density at radius 1 is 0.917 bits per heavy atom. The Hall–Kier alpha value is -1.59. The van der Waals surface area contributed by atoms with E-state index in [1.807, 2.05) is 0 Å². The highest BCUT2D eigenvalue weighted by atomic mass is 16.5. The standard InChI is InChI=1S/C30H48O6/c1-7-21-25-16-20(35-18(3)31)12-14-30(25,6)24-13-15-29(5)22(17(2)8-11-26(33)34)9-10-23(29)27(24)28(21)36-19(4)32/h17,20-25,27-28H,7-16H2,1-6H3,(H,33,34)/t17-,20-,21-,22-,23?,24?,25?,27?,28-,29-,30-/m1/s1. The van der Waals surface area contributed by atoms with Crippen molar-refractivity contribution in [1.29, 1.82) is 0 Å². The van der Waals surface area contributed by atoms with Crippen molar-refractivity contribution in [2.45, 2.75) is 118 Å². The number of ether oxygens (including phenoxy) is 2. The van der Waals surface area contributed by atoms with Gasteiger partial charge in [0.15, 0.2) is 0 Å². The second-order valence-corrected chi connectivity index (χ2v) is 13.2. The van der Waals surface area contributed by atoms with Crippen LogP contribution in [0.4, 0.5) is 0 Å². The average Bonchev–Trinajstić information content (AvgIpc) is 3.15. The number of aliphatic carboxylic acids is 1. The first-order chi connectivity index (χ1) is 16.9. The molecule has 4 saturated carbocycles. The molecule has 0 aromatic heterocycles. The Morgan fingerprint density at radius 3 is 2.17 bits per heavy atom. The molecule has 0 heterocycles. The van der Waals surface area contributed by atoms with Crippen molar-refractivity contribution in [2.24, 2.45) is 52.3 Å². The van der Waals surface area contributed by atoms with Gasteiger partial charge in [0.05, 0.1) is 0 Å². The average molecular weight is 505 g/mol. The number of carboxylic acid groups (broad SMARTS) is 1. The van der Waals surface area contributed by atoms with Crippen molar-refractivity contribution in [3.63, 3.8) is 0 Å². The highest BCUT2D eigenvalue weighted by Crippen LogP contribution is 2.70. The molecule has 0 aromatic carbocycles. The first-order valence-corrected chi connectivity index (χ1v) is 14.5. The zero-order valence-electron chi connectivity index (χ0n) is 23.3. The van der Waals surface area contributed by atoms with Crippen LogP contribution in [-0.2, 0) is 23.9 Å². The Labute approximate surface area is 217 Å². The lowest BCUT2D eigenvalue weighted by Gasteiger charge is -2.65. The van der Waals surface area contributed by atoms with Crippen molar-refractivity contribution >= 4 is 17.9 Å². The molecule has 0 aliphatic heterocycles. The molecular formula is C30H48O6. The van der Waals surface area contributed by atoms with Gasteiger partial charge in [-0.25, -0.2) is 0 Å². The van der Waals surface area contributed by atoms with Gasteiger partial charge in [-0.15, -0.1) is 0 Å². The summed E-state index contributed by atoms with van der Waals surface area (Å²) in [6.07, 6.45) is 9.23. The maximum Gasteiger partial charge on any atom is 0.303 e. The normalized spacial score (nSPS) is 44.5. The lowest BCUT2D eigenvalue weighted by Crippen LogP contribution is -2.63. The number of fused-ring (bicyclic) bond motifs is 5. The number of rotatable bonds is 7. The topological polar surface area (TPSA) is 89.9 Å². The smallest absolute Gasteiger partial charge is 0.303 e. The molecule has 11 atom stereocenters. The molecule has 36 heavy (non-hydrogen) atoms. The molecule has 0 bridgehead atoms. The molecule has 6 heteroatoms. The third-order valence-corrected chi connectivity index (χ3v) is 11.5. The Kier molecular flexibility index (Phi) is 7.84. The van der Waals surface area contributed by atoms with Crippen LogP contribution in [0.5, 0.6) is 0 Å². The maximum absolute atomic E-state index is 12.4. The molecule has 0 aromatic rings. The monoisotopic (exact) mass is 504 g/mol.